The highest BCUT2D eigenvalue weighted by Crippen LogP contribution is 2.17. The highest BCUT2D eigenvalue weighted by molar-refractivity contribution is 7.59. The van der Waals surface area contributed by atoms with Crippen LogP contribution in [-0.2, 0) is 4.74 Å². The molecule has 1 saturated heterocycles. The molecular weight excluding hydrogens is 198 g/mol. The molecule has 0 bridgehead atoms. The quantitative estimate of drug-likeness (QED) is 0.314. The van der Waals surface area contributed by atoms with Gasteiger partial charge in [-0.15, -0.1) is 0 Å². The van der Waals surface area contributed by atoms with E-state index in [0.717, 1.165) is 0 Å². The molecule has 7 heteroatoms. The van der Waals surface area contributed by atoms with Gasteiger partial charge in [0, 0.05) is 0 Å². The Bertz CT molecular complexity index is 155. The van der Waals surface area contributed by atoms with Crippen LogP contribution in [0.25, 0.3) is 0 Å². The van der Waals surface area contributed by atoms with Gasteiger partial charge in [-0.3, -0.25) is 0 Å². The molecule has 0 aromatic carbocycles. The Labute approximate surface area is 82.4 Å². The summed E-state index contributed by atoms with van der Waals surface area (Å²) in [5.41, 5.74) is 5.26. The van der Waals surface area contributed by atoms with Gasteiger partial charge >= 0.3 is 0 Å². The molecule has 0 saturated carbocycles. The van der Waals surface area contributed by atoms with Gasteiger partial charge in [-0.2, -0.15) is 13.5 Å². The first kappa shape index (κ1) is 13.1. The highest BCUT2D eigenvalue weighted by Gasteiger charge is 2.41. The van der Waals surface area contributed by atoms with Gasteiger partial charge in [-0.25, -0.2) is 0 Å². The summed E-state index contributed by atoms with van der Waals surface area (Å²) >= 11 is 0. The van der Waals surface area contributed by atoms with Crippen molar-refractivity contribution in [2.24, 2.45) is 5.73 Å². The van der Waals surface area contributed by atoms with Crippen molar-refractivity contribution in [3.63, 3.8) is 0 Å². The summed E-state index contributed by atoms with van der Waals surface area (Å²) < 4.78 is 4.70. The smallest absolute Gasteiger partial charge is 0.173 e. The third-order valence-electron chi connectivity index (χ3n) is 1.95. The topological polar surface area (TPSA) is 116 Å². The molecule has 1 aliphatic heterocycles. The van der Waals surface area contributed by atoms with E-state index in [1.165, 1.54) is 0 Å². The molecule has 0 spiro atoms. The van der Waals surface area contributed by atoms with E-state index >= 15 is 0 Å². The van der Waals surface area contributed by atoms with Crippen molar-refractivity contribution in [1.29, 1.82) is 0 Å². The van der Waals surface area contributed by atoms with E-state index in [-0.39, 0.29) is 13.5 Å². The molecule has 80 valence electrons. The first-order chi connectivity index (χ1) is 5.57. The molecule has 6 nitrogen and oxygen atoms in total. The fourth-order valence-electron chi connectivity index (χ4n) is 1.12. The normalized spacial score (nSPS) is 45.5. The number of hydrogen-bond donors (Lipinski definition) is 5. The van der Waals surface area contributed by atoms with Gasteiger partial charge in [0.05, 0.1) is 12.6 Å². The second kappa shape index (κ2) is 5.11. The van der Waals surface area contributed by atoms with Crippen LogP contribution < -0.4 is 5.73 Å². The van der Waals surface area contributed by atoms with Gasteiger partial charge in [-0.1, -0.05) is 0 Å². The van der Waals surface area contributed by atoms with Crippen molar-refractivity contribution in [3.05, 3.63) is 0 Å². The Hall–Kier alpha value is 0.110. The second-order valence-corrected chi connectivity index (χ2v) is 2.81. The SMILES string of the molecule is N[C@H]1C(O)O[C@H](CO)[C@@H](O)[C@@H]1O.S. The minimum Gasteiger partial charge on any atom is -0.394 e. The van der Waals surface area contributed by atoms with Crippen LogP contribution in [-0.4, -0.2) is 57.7 Å². The minimum absolute atomic E-state index is 0. The summed E-state index contributed by atoms with van der Waals surface area (Å²) in [5, 5.41) is 36.1. The van der Waals surface area contributed by atoms with Crippen LogP contribution in [0.5, 0.6) is 0 Å². The van der Waals surface area contributed by atoms with E-state index in [1.54, 1.807) is 0 Å². The van der Waals surface area contributed by atoms with Crippen LogP contribution in [0.3, 0.4) is 0 Å². The van der Waals surface area contributed by atoms with Crippen molar-refractivity contribution >= 4 is 13.5 Å². The predicted octanol–water partition coefficient (Wildman–Crippen LogP) is -3.14. The lowest BCUT2D eigenvalue weighted by atomic mass is 9.98. The van der Waals surface area contributed by atoms with Crippen molar-refractivity contribution in [2.75, 3.05) is 6.61 Å². The number of hydrogen-bond acceptors (Lipinski definition) is 6. The van der Waals surface area contributed by atoms with E-state index in [9.17, 15) is 10.2 Å². The summed E-state index contributed by atoms with van der Waals surface area (Å²) in [6.07, 6.45) is -4.85. The van der Waals surface area contributed by atoms with E-state index in [1.807, 2.05) is 0 Å². The van der Waals surface area contributed by atoms with Crippen molar-refractivity contribution in [1.82, 2.24) is 0 Å². The summed E-state index contributed by atoms with van der Waals surface area (Å²) in [7, 11) is 0. The molecule has 6 N–H and O–H groups in total. The highest BCUT2D eigenvalue weighted by atomic mass is 32.1. The molecular formula is C6H15NO5S. The second-order valence-electron chi connectivity index (χ2n) is 2.81. The van der Waals surface area contributed by atoms with Crippen LogP contribution in [0, 0.1) is 0 Å². The molecule has 0 aromatic rings. The Morgan fingerprint density at radius 3 is 2.15 bits per heavy atom. The molecule has 1 rings (SSSR count). The maximum Gasteiger partial charge on any atom is 0.173 e. The Balaban J connectivity index is 0.00000144. The molecule has 1 heterocycles. The molecule has 1 fully saturated rings. The van der Waals surface area contributed by atoms with Gasteiger partial charge in [0.1, 0.15) is 18.3 Å². The van der Waals surface area contributed by atoms with E-state index in [2.05, 4.69) is 0 Å². The molecule has 1 aliphatic rings. The number of aliphatic hydroxyl groups excluding tert-OH is 4. The number of aliphatic hydroxyl groups is 4. The van der Waals surface area contributed by atoms with Crippen LogP contribution in [0.2, 0.25) is 0 Å². The van der Waals surface area contributed by atoms with Gasteiger partial charge in [0.25, 0.3) is 0 Å². The van der Waals surface area contributed by atoms with E-state index in [0.29, 0.717) is 0 Å². The molecule has 0 amide bonds. The largest absolute Gasteiger partial charge is 0.394 e. The average molecular weight is 213 g/mol. The molecule has 0 aromatic heterocycles. The molecule has 13 heavy (non-hydrogen) atoms. The number of rotatable bonds is 1. The summed E-state index contributed by atoms with van der Waals surface area (Å²) in [4.78, 5) is 0. The third kappa shape index (κ3) is 2.53. The fourth-order valence-corrected chi connectivity index (χ4v) is 1.12. The standard InChI is InChI=1S/C6H13NO5.H2S/c7-3-5(10)4(9)2(1-8)12-6(3)11;/h2-6,8-11H,1,7H2;1H2/t2-,3-,4-,5-,6?;/m1./s1. The van der Waals surface area contributed by atoms with Gasteiger partial charge in [0.2, 0.25) is 0 Å². The summed E-state index contributed by atoms with van der Waals surface area (Å²) in [6.45, 7) is -0.470. The van der Waals surface area contributed by atoms with E-state index in [4.69, 9.17) is 20.7 Å². The van der Waals surface area contributed by atoms with Crippen LogP contribution in [0.15, 0.2) is 0 Å². The number of ether oxygens (including phenoxy) is 1. The first-order valence-corrected chi connectivity index (χ1v) is 3.64. The Kier molecular flexibility index (Phi) is 5.15. The van der Waals surface area contributed by atoms with Gasteiger partial charge in [-0.05, 0) is 0 Å². The molecule has 0 radical (unpaired) electrons. The summed E-state index contributed by atoms with van der Waals surface area (Å²) in [5.74, 6) is 0. The summed E-state index contributed by atoms with van der Waals surface area (Å²) in [6, 6.07) is -1.04. The third-order valence-corrected chi connectivity index (χ3v) is 1.95. The zero-order chi connectivity index (χ0) is 9.30. The molecule has 5 atom stereocenters. The van der Waals surface area contributed by atoms with Crippen LogP contribution >= 0.6 is 13.5 Å². The first-order valence-electron chi connectivity index (χ1n) is 3.64. The zero-order valence-corrected chi connectivity index (χ0v) is 7.87. The van der Waals surface area contributed by atoms with Crippen LogP contribution in [0.1, 0.15) is 0 Å². The lowest BCUT2D eigenvalue weighted by Crippen LogP contribution is -2.61. The lowest BCUT2D eigenvalue weighted by Gasteiger charge is -2.38. The van der Waals surface area contributed by atoms with Crippen molar-refractivity contribution in [3.8, 4) is 0 Å². The average Bonchev–Trinajstić information content (AvgIpc) is 2.08. The molecule has 1 unspecified atom stereocenters. The maximum atomic E-state index is 9.20. The maximum absolute atomic E-state index is 9.20. The van der Waals surface area contributed by atoms with Gasteiger partial charge in [0.15, 0.2) is 6.29 Å². The van der Waals surface area contributed by atoms with E-state index < -0.39 is 37.3 Å². The zero-order valence-electron chi connectivity index (χ0n) is 6.87. The molecule has 0 aliphatic carbocycles. The Morgan fingerprint density at radius 2 is 1.69 bits per heavy atom. The van der Waals surface area contributed by atoms with Crippen molar-refractivity contribution < 1.29 is 25.2 Å². The fraction of sp³-hybridized carbons (Fsp3) is 1.00. The van der Waals surface area contributed by atoms with Crippen LogP contribution in [0.4, 0.5) is 0 Å². The Morgan fingerprint density at radius 1 is 1.15 bits per heavy atom. The van der Waals surface area contributed by atoms with Crippen molar-refractivity contribution in [2.45, 2.75) is 30.6 Å². The van der Waals surface area contributed by atoms with Gasteiger partial charge < -0.3 is 30.9 Å². The predicted molar refractivity (Wildman–Crippen MR) is 48.3 cm³/mol. The number of nitrogens with two attached hydrogens (primary N) is 1. The minimum atomic E-state index is -1.35. The monoisotopic (exact) mass is 213 g/mol. The lowest BCUT2D eigenvalue weighted by molar-refractivity contribution is -0.248.